The monoisotopic (exact) mass is 481 g/mol. The van der Waals surface area contributed by atoms with E-state index in [-0.39, 0.29) is 16.5 Å². The lowest BCUT2D eigenvalue weighted by Gasteiger charge is -2.28. The fourth-order valence-corrected chi connectivity index (χ4v) is 5.80. The number of amides is 2. The van der Waals surface area contributed by atoms with Gasteiger partial charge in [-0.25, -0.2) is 17.2 Å². The van der Waals surface area contributed by atoms with Gasteiger partial charge in [0.25, 0.3) is 10.0 Å². The maximum Gasteiger partial charge on any atom is 0.262 e. The highest BCUT2D eigenvalue weighted by Gasteiger charge is 2.36. The van der Waals surface area contributed by atoms with Crippen LogP contribution >= 0.6 is 11.8 Å². The molecule has 1 atom stereocenters. The number of rotatable bonds is 4. The van der Waals surface area contributed by atoms with Gasteiger partial charge in [-0.2, -0.15) is 0 Å². The predicted octanol–water partition coefficient (Wildman–Crippen LogP) is 3.58. The SMILES string of the molecule is O=C1Nc2cc(S(=O)(=O)Nc3ccc(F)cc3F)ccc2S[C@H]1C(=O)N1CCCCCC1. The highest BCUT2D eigenvalue weighted by atomic mass is 32.2. The van der Waals surface area contributed by atoms with Gasteiger partial charge in [-0.15, -0.1) is 11.8 Å². The summed E-state index contributed by atoms with van der Waals surface area (Å²) in [5, 5.41) is 1.68. The Morgan fingerprint density at radius 3 is 2.47 bits per heavy atom. The largest absolute Gasteiger partial charge is 0.341 e. The van der Waals surface area contributed by atoms with E-state index >= 15 is 0 Å². The maximum atomic E-state index is 13.9. The Labute approximate surface area is 188 Å². The molecule has 2 heterocycles. The Hall–Kier alpha value is -2.66. The zero-order valence-electron chi connectivity index (χ0n) is 16.9. The number of nitrogens with zero attached hydrogens (tertiary/aromatic N) is 1. The zero-order chi connectivity index (χ0) is 22.9. The molecule has 0 saturated carbocycles. The third kappa shape index (κ3) is 4.73. The molecule has 4 rings (SSSR count). The van der Waals surface area contributed by atoms with Crippen molar-refractivity contribution in [2.24, 2.45) is 0 Å². The van der Waals surface area contributed by atoms with E-state index in [0.29, 0.717) is 24.1 Å². The topological polar surface area (TPSA) is 95.6 Å². The summed E-state index contributed by atoms with van der Waals surface area (Å²) < 4.78 is 54.3. The minimum absolute atomic E-state index is 0.210. The van der Waals surface area contributed by atoms with Crippen molar-refractivity contribution in [1.82, 2.24) is 4.90 Å². The van der Waals surface area contributed by atoms with Crippen molar-refractivity contribution < 1.29 is 26.8 Å². The summed E-state index contributed by atoms with van der Waals surface area (Å²) >= 11 is 1.08. The summed E-state index contributed by atoms with van der Waals surface area (Å²) in [6, 6.07) is 6.54. The summed E-state index contributed by atoms with van der Waals surface area (Å²) in [7, 11) is -4.20. The Balaban J connectivity index is 1.53. The summed E-state index contributed by atoms with van der Waals surface area (Å²) in [4.78, 5) is 27.6. The van der Waals surface area contributed by atoms with Crippen LogP contribution in [0.1, 0.15) is 25.7 Å². The van der Waals surface area contributed by atoms with Crippen molar-refractivity contribution in [3.05, 3.63) is 48.0 Å². The number of thioether (sulfide) groups is 1. The van der Waals surface area contributed by atoms with Crippen molar-refractivity contribution >= 4 is 45.0 Å². The fourth-order valence-electron chi connectivity index (χ4n) is 3.65. The molecule has 0 spiro atoms. The molecule has 2 N–H and O–H groups in total. The Morgan fingerprint density at radius 1 is 1.06 bits per heavy atom. The quantitative estimate of drug-likeness (QED) is 0.651. The van der Waals surface area contributed by atoms with Crippen molar-refractivity contribution in [3.8, 4) is 0 Å². The number of benzene rings is 2. The lowest BCUT2D eigenvalue weighted by Crippen LogP contribution is -2.45. The van der Waals surface area contributed by atoms with E-state index < -0.39 is 38.5 Å². The van der Waals surface area contributed by atoms with Crippen LogP contribution in [0.25, 0.3) is 0 Å². The number of hydrogen-bond donors (Lipinski definition) is 2. The average Bonchev–Trinajstić information content (AvgIpc) is 3.04. The number of halogens is 2. The van der Waals surface area contributed by atoms with Gasteiger partial charge < -0.3 is 10.2 Å². The number of carbonyl (C=O) groups is 2. The second-order valence-electron chi connectivity index (χ2n) is 7.61. The molecule has 2 aliphatic rings. The highest BCUT2D eigenvalue weighted by Crippen LogP contribution is 2.38. The first-order chi connectivity index (χ1) is 15.2. The molecule has 0 unspecified atom stereocenters. The molecule has 11 heteroatoms. The number of hydrogen-bond acceptors (Lipinski definition) is 5. The summed E-state index contributed by atoms with van der Waals surface area (Å²) in [6.45, 7) is 1.25. The Kier molecular flexibility index (Phi) is 6.38. The van der Waals surface area contributed by atoms with Gasteiger partial charge in [-0.1, -0.05) is 12.8 Å². The first-order valence-corrected chi connectivity index (χ1v) is 12.5. The highest BCUT2D eigenvalue weighted by molar-refractivity contribution is 8.01. The number of anilines is 2. The molecule has 32 heavy (non-hydrogen) atoms. The van der Waals surface area contributed by atoms with Crippen LogP contribution in [0, 0.1) is 11.6 Å². The van der Waals surface area contributed by atoms with E-state index in [1.54, 1.807) is 4.90 Å². The van der Waals surface area contributed by atoms with Crippen LogP contribution in [0.3, 0.4) is 0 Å². The molecular formula is C21H21F2N3O4S2. The van der Waals surface area contributed by atoms with E-state index in [1.807, 2.05) is 0 Å². The number of carbonyl (C=O) groups excluding carboxylic acids is 2. The molecule has 0 bridgehead atoms. The first-order valence-electron chi connectivity index (χ1n) is 10.1. The van der Waals surface area contributed by atoms with Crippen LogP contribution in [0.4, 0.5) is 20.2 Å². The van der Waals surface area contributed by atoms with Gasteiger partial charge in [-0.3, -0.25) is 14.3 Å². The van der Waals surface area contributed by atoms with Crippen LogP contribution in [0.2, 0.25) is 0 Å². The standard InChI is InChI=1S/C21H21F2N3O4S2/c22-13-5-7-16(15(23)11-13)25-32(29,30)14-6-8-18-17(12-14)24-20(27)19(31-18)21(28)26-9-3-1-2-4-10-26/h5-8,11-12,19,25H,1-4,9-10H2,(H,24,27)/t19-/m1/s1. The van der Waals surface area contributed by atoms with Crippen LogP contribution in [-0.4, -0.2) is 43.5 Å². The number of nitrogens with one attached hydrogen (secondary N) is 2. The first kappa shape index (κ1) is 22.5. The Bertz CT molecular complexity index is 1170. The molecule has 0 aliphatic carbocycles. The van der Waals surface area contributed by atoms with E-state index in [4.69, 9.17) is 0 Å². The molecule has 170 valence electrons. The van der Waals surface area contributed by atoms with E-state index in [0.717, 1.165) is 49.6 Å². The minimum atomic E-state index is -4.20. The van der Waals surface area contributed by atoms with E-state index in [9.17, 15) is 26.8 Å². The minimum Gasteiger partial charge on any atom is -0.341 e. The second kappa shape index (κ2) is 9.07. The van der Waals surface area contributed by atoms with Gasteiger partial charge in [0.05, 0.1) is 16.3 Å². The molecule has 1 fully saturated rings. The van der Waals surface area contributed by atoms with Gasteiger partial charge in [-0.05, 0) is 43.2 Å². The van der Waals surface area contributed by atoms with Crippen LogP contribution in [-0.2, 0) is 19.6 Å². The lowest BCUT2D eigenvalue weighted by molar-refractivity contribution is -0.133. The van der Waals surface area contributed by atoms with Crippen molar-refractivity contribution in [3.63, 3.8) is 0 Å². The van der Waals surface area contributed by atoms with Crippen molar-refractivity contribution in [1.29, 1.82) is 0 Å². The molecule has 2 amide bonds. The number of fused-ring (bicyclic) bond motifs is 1. The third-order valence-corrected chi connectivity index (χ3v) is 7.94. The fraction of sp³-hybridized carbons (Fsp3) is 0.333. The van der Waals surface area contributed by atoms with Gasteiger partial charge in [0.1, 0.15) is 11.6 Å². The van der Waals surface area contributed by atoms with E-state index in [1.165, 1.54) is 18.2 Å². The molecular weight excluding hydrogens is 460 g/mol. The zero-order valence-corrected chi connectivity index (χ0v) is 18.6. The van der Waals surface area contributed by atoms with Gasteiger partial charge in [0, 0.05) is 24.1 Å². The normalized spacial score (nSPS) is 19.0. The van der Waals surface area contributed by atoms with Crippen molar-refractivity contribution in [2.45, 2.75) is 40.7 Å². The van der Waals surface area contributed by atoms with Gasteiger partial charge >= 0.3 is 0 Å². The van der Waals surface area contributed by atoms with Gasteiger partial charge in [0.2, 0.25) is 11.8 Å². The number of likely N-dealkylation sites (tertiary alicyclic amines) is 1. The molecule has 0 radical (unpaired) electrons. The molecule has 7 nitrogen and oxygen atoms in total. The maximum absolute atomic E-state index is 13.9. The van der Waals surface area contributed by atoms with Gasteiger partial charge in [0.15, 0.2) is 5.25 Å². The van der Waals surface area contributed by atoms with Crippen LogP contribution in [0.15, 0.2) is 46.2 Å². The molecule has 1 saturated heterocycles. The third-order valence-electron chi connectivity index (χ3n) is 5.32. The van der Waals surface area contributed by atoms with Crippen molar-refractivity contribution in [2.75, 3.05) is 23.1 Å². The average molecular weight is 482 g/mol. The van der Waals surface area contributed by atoms with Crippen LogP contribution < -0.4 is 10.0 Å². The second-order valence-corrected chi connectivity index (χ2v) is 10.4. The Morgan fingerprint density at radius 2 is 1.78 bits per heavy atom. The number of sulfonamides is 1. The lowest BCUT2D eigenvalue weighted by atomic mass is 10.2. The van der Waals surface area contributed by atoms with Crippen LogP contribution in [0.5, 0.6) is 0 Å². The summed E-state index contributed by atoms with van der Waals surface area (Å²) in [6.07, 6.45) is 3.93. The smallest absolute Gasteiger partial charge is 0.262 e. The van der Waals surface area contributed by atoms with E-state index in [2.05, 4.69) is 10.0 Å². The molecule has 2 aliphatic heterocycles. The molecule has 2 aromatic rings. The summed E-state index contributed by atoms with van der Waals surface area (Å²) in [5.41, 5.74) is -0.145. The summed E-state index contributed by atoms with van der Waals surface area (Å²) in [5.74, 6) is -2.64. The molecule has 2 aromatic carbocycles. The molecule has 0 aromatic heterocycles. The predicted molar refractivity (Wildman–Crippen MR) is 117 cm³/mol.